The van der Waals surface area contributed by atoms with Gasteiger partial charge in [-0.25, -0.2) is 0 Å². The maximum absolute atomic E-state index is 11.5. The van der Waals surface area contributed by atoms with E-state index in [4.69, 9.17) is 5.73 Å². The summed E-state index contributed by atoms with van der Waals surface area (Å²) in [6, 6.07) is 4.47. The second-order valence-corrected chi connectivity index (χ2v) is 4.59. The highest BCUT2D eigenvalue weighted by atomic mass is 16.6. The number of carbonyl (C=O) groups excluding carboxylic acids is 1. The van der Waals surface area contributed by atoms with Crippen molar-refractivity contribution in [3.8, 4) is 0 Å². The first-order chi connectivity index (χ1) is 8.99. The van der Waals surface area contributed by atoms with Crippen molar-refractivity contribution in [3.05, 3.63) is 33.9 Å². The van der Waals surface area contributed by atoms with E-state index >= 15 is 0 Å². The molecule has 1 heterocycles. The number of nitro groups is 1. The van der Waals surface area contributed by atoms with Gasteiger partial charge in [0.15, 0.2) is 0 Å². The van der Waals surface area contributed by atoms with E-state index in [-0.39, 0.29) is 23.3 Å². The average molecular weight is 264 g/mol. The van der Waals surface area contributed by atoms with Gasteiger partial charge in [0.25, 0.3) is 5.69 Å². The summed E-state index contributed by atoms with van der Waals surface area (Å²) >= 11 is 0. The number of nitrogen functional groups attached to an aromatic ring is 1. The van der Waals surface area contributed by atoms with E-state index in [9.17, 15) is 14.9 Å². The molecule has 7 heteroatoms. The SMILES string of the molecule is CC1C(=O)NCCN1Cc1ccc([N+](=O)[O-])c(N)c1. The van der Waals surface area contributed by atoms with Crippen molar-refractivity contribution >= 4 is 17.3 Å². The Balaban J connectivity index is 2.13. The summed E-state index contributed by atoms with van der Waals surface area (Å²) in [7, 11) is 0. The third-order valence-corrected chi connectivity index (χ3v) is 3.30. The largest absolute Gasteiger partial charge is 0.393 e. The second-order valence-electron chi connectivity index (χ2n) is 4.59. The Hall–Kier alpha value is -2.15. The van der Waals surface area contributed by atoms with Gasteiger partial charge in [-0.3, -0.25) is 19.8 Å². The van der Waals surface area contributed by atoms with Crippen molar-refractivity contribution < 1.29 is 9.72 Å². The van der Waals surface area contributed by atoms with Gasteiger partial charge in [-0.1, -0.05) is 6.07 Å². The molecule has 1 fully saturated rings. The van der Waals surface area contributed by atoms with E-state index in [1.54, 1.807) is 12.1 Å². The highest BCUT2D eigenvalue weighted by Gasteiger charge is 2.25. The molecule has 1 atom stereocenters. The summed E-state index contributed by atoms with van der Waals surface area (Å²) in [6.45, 7) is 3.76. The topological polar surface area (TPSA) is 102 Å². The van der Waals surface area contributed by atoms with E-state index in [0.29, 0.717) is 13.1 Å². The van der Waals surface area contributed by atoms with Crippen LogP contribution in [0.1, 0.15) is 12.5 Å². The zero-order chi connectivity index (χ0) is 14.0. The van der Waals surface area contributed by atoms with Crippen LogP contribution < -0.4 is 11.1 Å². The van der Waals surface area contributed by atoms with Crippen LogP contribution in [0.3, 0.4) is 0 Å². The summed E-state index contributed by atoms with van der Waals surface area (Å²) in [4.78, 5) is 23.7. The van der Waals surface area contributed by atoms with Crippen LogP contribution in [0.25, 0.3) is 0 Å². The molecule has 0 radical (unpaired) electrons. The van der Waals surface area contributed by atoms with Gasteiger partial charge in [0, 0.05) is 25.7 Å². The molecule has 1 aliphatic rings. The third kappa shape index (κ3) is 2.82. The standard InChI is InChI=1S/C12H16N4O3/c1-8-12(17)14-4-5-15(8)7-9-2-3-11(16(18)19)10(13)6-9/h2-3,6,8H,4-5,7,13H2,1H3,(H,14,17). The van der Waals surface area contributed by atoms with Crippen LogP contribution in [0.4, 0.5) is 11.4 Å². The van der Waals surface area contributed by atoms with Crippen molar-refractivity contribution in [2.75, 3.05) is 18.8 Å². The van der Waals surface area contributed by atoms with Gasteiger partial charge >= 0.3 is 0 Å². The van der Waals surface area contributed by atoms with E-state index in [0.717, 1.165) is 12.1 Å². The normalized spacial score (nSPS) is 20.1. The molecule has 102 valence electrons. The number of anilines is 1. The number of nitrogens with two attached hydrogens (primary N) is 1. The number of hydrogen-bond acceptors (Lipinski definition) is 5. The fourth-order valence-corrected chi connectivity index (χ4v) is 2.15. The Bertz CT molecular complexity index is 518. The van der Waals surface area contributed by atoms with Crippen molar-refractivity contribution in [2.24, 2.45) is 0 Å². The molecule has 0 spiro atoms. The number of rotatable bonds is 3. The Morgan fingerprint density at radius 2 is 2.32 bits per heavy atom. The van der Waals surface area contributed by atoms with Crippen molar-refractivity contribution in [1.82, 2.24) is 10.2 Å². The summed E-state index contributed by atoms with van der Waals surface area (Å²) in [5, 5.41) is 13.5. The first-order valence-corrected chi connectivity index (χ1v) is 6.03. The van der Waals surface area contributed by atoms with Gasteiger partial charge in [0.2, 0.25) is 5.91 Å². The lowest BCUT2D eigenvalue weighted by atomic mass is 10.1. The number of hydrogen-bond donors (Lipinski definition) is 2. The molecule has 1 aromatic carbocycles. The number of nitrogens with one attached hydrogen (secondary N) is 1. The lowest BCUT2D eigenvalue weighted by molar-refractivity contribution is -0.383. The number of amides is 1. The second kappa shape index (κ2) is 5.23. The number of benzene rings is 1. The molecule has 3 N–H and O–H groups in total. The van der Waals surface area contributed by atoms with Crippen LogP contribution in [0, 0.1) is 10.1 Å². The fraction of sp³-hybridized carbons (Fsp3) is 0.417. The van der Waals surface area contributed by atoms with E-state index in [2.05, 4.69) is 5.32 Å². The molecule has 1 aromatic rings. The summed E-state index contributed by atoms with van der Waals surface area (Å²) < 4.78 is 0. The number of carbonyl (C=O) groups is 1. The minimum atomic E-state index is -0.504. The Labute approximate surface area is 110 Å². The molecule has 1 aliphatic heterocycles. The predicted molar refractivity (Wildman–Crippen MR) is 70.4 cm³/mol. The summed E-state index contributed by atoms with van der Waals surface area (Å²) in [6.07, 6.45) is 0. The molecule has 19 heavy (non-hydrogen) atoms. The highest BCUT2D eigenvalue weighted by molar-refractivity contribution is 5.82. The molecule has 1 amide bonds. The number of nitro benzene ring substituents is 1. The molecule has 1 unspecified atom stereocenters. The van der Waals surface area contributed by atoms with Crippen molar-refractivity contribution in [2.45, 2.75) is 19.5 Å². The lowest BCUT2D eigenvalue weighted by Crippen LogP contribution is -2.53. The Morgan fingerprint density at radius 1 is 1.58 bits per heavy atom. The Kier molecular flexibility index (Phi) is 3.66. The maximum Gasteiger partial charge on any atom is 0.292 e. The highest BCUT2D eigenvalue weighted by Crippen LogP contribution is 2.23. The third-order valence-electron chi connectivity index (χ3n) is 3.30. The zero-order valence-electron chi connectivity index (χ0n) is 10.6. The minimum absolute atomic E-state index is 0.00105. The smallest absolute Gasteiger partial charge is 0.292 e. The number of nitrogens with zero attached hydrogens (tertiary/aromatic N) is 2. The van der Waals surface area contributed by atoms with Crippen LogP contribution in [0.15, 0.2) is 18.2 Å². The van der Waals surface area contributed by atoms with E-state index in [1.165, 1.54) is 6.07 Å². The lowest BCUT2D eigenvalue weighted by Gasteiger charge is -2.32. The minimum Gasteiger partial charge on any atom is -0.393 e. The van der Waals surface area contributed by atoms with Gasteiger partial charge in [-0.15, -0.1) is 0 Å². The quantitative estimate of drug-likeness (QED) is 0.470. The molecule has 1 saturated heterocycles. The molecule has 0 aliphatic carbocycles. The van der Waals surface area contributed by atoms with E-state index < -0.39 is 4.92 Å². The van der Waals surface area contributed by atoms with Gasteiger partial charge in [-0.2, -0.15) is 0 Å². The van der Waals surface area contributed by atoms with Gasteiger partial charge < -0.3 is 11.1 Å². The molecule has 7 nitrogen and oxygen atoms in total. The van der Waals surface area contributed by atoms with Crippen molar-refractivity contribution in [1.29, 1.82) is 0 Å². The Morgan fingerprint density at radius 3 is 2.95 bits per heavy atom. The van der Waals surface area contributed by atoms with Crippen molar-refractivity contribution in [3.63, 3.8) is 0 Å². The predicted octanol–water partition coefficient (Wildman–Crippen LogP) is 0.497. The van der Waals surface area contributed by atoms with Crippen LogP contribution in [0.2, 0.25) is 0 Å². The first kappa shape index (κ1) is 13.3. The number of piperazine rings is 1. The molecular formula is C12H16N4O3. The molecule has 0 aromatic heterocycles. The molecule has 0 saturated carbocycles. The average Bonchev–Trinajstić information content (AvgIpc) is 2.34. The van der Waals surface area contributed by atoms with Crippen LogP contribution in [0.5, 0.6) is 0 Å². The van der Waals surface area contributed by atoms with E-state index in [1.807, 2.05) is 11.8 Å². The molecule has 0 bridgehead atoms. The molecule has 2 rings (SSSR count). The summed E-state index contributed by atoms with van der Waals surface area (Å²) in [5.41, 5.74) is 6.58. The van der Waals surface area contributed by atoms with Crippen LogP contribution in [-0.2, 0) is 11.3 Å². The first-order valence-electron chi connectivity index (χ1n) is 6.03. The fourth-order valence-electron chi connectivity index (χ4n) is 2.15. The van der Waals surface area contributed by atoms with Crippen LogP contribution >= 0.6 is 0 Å². The van der Waals surface area contributed by atoms with Crippen LogP contribution in [-0.4, -0.2) is 34.9 Å². The van der Waals surface area contributed by atoms with Gasteiger partial charge in [0.05, 0.1) is 11.0 Å². The molecular weight excluding hydrogens is 248 g/mol. The van der Waals surface area contributed by atoms with Gasteiger partial charge in [-0.05, 0) is 18.6 Å². The zero-order valence-corrected chi connectivity index (χ0v) is 10.6. The summed E-state index contributed by atoms with van der Waals surface area (Å²) in [5.74, 6) is 0.00105. The maximum atomic E-state index is 11.5. The monoisotopic (exact) mass is 264 g/mol. The van der Waals surface area contributed by atoms with Gasteiger partial charge in [0.1, 0.15) is 5.69 Å².